The number of aromatic nitrogens is 1. The predicted molar refractivity (Wildman–Crippen MR) is 98.6 cm³/mol. The monoisotopic (exact) mass is 378 g/mol. The van der Waals surface area contributed by atoms with Crippen LogP contribution < -0.4 is 0 Å². The quantitative estimate of drug-likeness (QED) is 0.742. The predicted octanol–water partition coefficient (Wildman–Crippen LogP) is 5.04. The summed E-state index contributed by atoms with van der Waals surface area (Å²) >= 11 is 0. The van der Waals surface area contributed by atoms with E-state index < -0.39 is 11.7 Å². The zero-order valence-corrected chi connectivity index (χ0v) is 15.6. The Labute approximate surface area is 157 Å². The van der Waals surface area contributed by atoms with E-state index in [1.807, 2.05) is 0 Å². The first-order valence-electron chi connectivity index (χ1n) is 9.62. The summed E-state index contributed by atoms with van der Waals surface area (Å²) in [6.07, 6.45) is -0.806. The van der Waals surface area contributed by atoms with E-state index in [0.29, 0.717) is 6.04 Å². The van der Waals surface area contributed by atoms with Crippen LogP contribution in [0.2, 0.25) is 0 Å². The maximum Gasteiger partial charge on any atom is 0.416 e. The summed E-state index contributed by atoms with van der Waals surface area (Å²) in [5, 5.41) is 0. The van der Waals surface area contributed by atoms with Crippen molar-refractivity contribution in [2.75, 3.05) is 26.3 Å². The van der Waals surface area contributed by atoms with E-state index in [2.05, 4.69) is 22.5 Å². The van der Waals surface area contributed by atoms with Crippen molar-refractivity contribution in [3.05, 3.63) is 47.2 Å². The minimum absolute atomic E-state index is 0.459. The van der Waals surface area contributed by atoms with Crippen LogP contribution in [0.5, 0.6) is 0 Å². The van der Waals surface area contributed by atoms with Crippen LogP contribution in [0.15, 0.2) is 30.3 Å². The summed E-state index contributed by atoms with van der Waals surface area (Å²) < 4.78 is 46.5. The Balaban J connectivity index is 1.67. The van der Waals surface area contributed by atoms with Gasteiger partial charge in [0.2, 0.25) is 0 Å². The van der Waals surface area contributed by atoms with Gasteiger partial charge in [0.25, 0.3) is 0 Å². The van der Waals surface area contributed by atoms with Crippen molar-refractivity contribution >= 4 is 0 Å². The molecule has 0 spiro atoms. The van der Waals surface area contributed by atoms with E-state index in [9.17, 15) is 13.2 Å². The van der Waals surface area contributed by atoms with Crippen LogP contribution >= 0.6 is 0 Å². The fraction of sp³-hybridized carbons (Fsp3) is 0.524. The molecule has 6 heteroatoms. The Hall–Kier alpha value is -1.79. The summed E-state index contributed by atoms with van der Waals surface area (Å²) in [5.74, 6) is 0. The second kappa shape index (κ2) is 7.32. The Morgan fingerprint density at radius 3 is 2.30 bits per heavy atom. The summed E-state index contributed by atoms with van der Waals surface area (Å²) in [5.41, 5.74) is 3.79. The molecule has 4 rings (SSSR count). The maximum absolute atomic E-state index is 12.9. The molecule has 0 unspecified atom stereocenters. The molecule has 2 heterocycles. The molecule has 2 aromatic rings. The van der Waals surface area contributed by atoms with Gasteiger partial charge in [-0.25, -0.2) is 0 Å². The van der Waals surface area contributed by atoms with E-state index in [4.69, 9.17) is 4.74 Å². The average molecular weight is 378 g/mol. The molecule has 0 radical (unpaired) electrons. The molecular weight excluding hydrogens is 353 g/mol. The standard InChI is InChI=1S/C21H25F3N2O/c1-15-17(14-25-9-11-27-12-10-25)13-20(26(15)19-3-2-4-19)16-5-7-18(8-6-16)21(22,23)24/h5-8,13,19H,2-4,9-12,14H2,1H3. The van der Waals surface area contributed by atoms with Gasteiger partial charge in [-0.1, -0.05) is 12.1 Å². The molecule has 0 amide bonds. The number of benzene rings is 1. The first-order valence-corrected chi connectivity index (χ1v) is 9.62. The molecule has 2 fully saturated rings. The molecule has 2 aliphatic rings. The molecule has 0 bridgehead atoms. The SMILES string of the molecule is Cc1c(CN2CCOCC2)cc(-c2ccc(C(F)(F)F)cc2)n1C1CCC1. The molecule has 146 valence electrons. The van der Waals surface area contributed by atoms with Crippen molar-refractivity contribution in [2.24, 2.45) is 0 Å². The molecular formula is C21H25F3N2O. The van der Waals surface area contributed by atoms with E-state index in [0.717, 1.165) is 56.9 Å². The molecule has 1 aromatic carbocycles. The largest absolute Gasteiger partial charge is 0.416 e. The Morgan fingerprint density at radius 1 is 1.07 bits per heavy atom. The topological polar surface area (TPSA) is 17.4 Å². The summed E-state index contributed by atoms with van der Waals surface area (Å²) in [4.78, 5) is 2.38. The number of hydrogen-bond acceptors (Lipinski definition) is 2. The number of hydrogen-bond donors (Lipinski definition) is 0. The van der Waals surface area contributed by atoms with Gasteiger partial charge in [-0.15, -0.1) is 0 Å². The van der Waals surface area contributed by atoms with Crippen LogP contribution in [0.3, 0.4) is 0 Å². The third kappa shape index (κ3) is 3.78. The van der Waals surface area contributed by atoms with Crippen molar-refractivity contribution in [3.8, 4) is 11.3 Å². The van der Waals surface area contributed by atoms with E-state index >= 15 is 0 Å². The lowest BCUT2D eigenvalue weighted by atomic mass is 9.92. The molecule has 1 aliphatic heterocycles. The minimum atomic E-state index is -4.30. The number of ether oxygens (including phenoxy) is 1. The number of rotatable bonds is 4. The van der Waals surface area contributed by atoms with Gasteiger partial charge in [0.1, 0.15) is 0 Å². The van der Waals surface area contributed by atoms with Gasteiger partial charge in [-0.2, -0.15) is 13.2 Å². The van der Waals surface area contributed by atoms with Crippen molar-refractivity contribution in [1.29, 1.82) is 0 Å². The third-order valence-electron chi connectivity index (χ3n) is 5.84. The van der Waals surface area contributed by atoms with Crippen molar-refractivity contribution in [3.63, 3.8) is 0 Å². The smallest absolute Gasteiger partial charge is 0.379 e. The molecule has 1 saturated carbocycles. The van der Waals surface area contributed by atoms with Crippen LogP contribution in [-0.2, 0) is 17.5 Å². The Morgan fingerprint density at radius 2 is 1.74 bits per heavy atom. The van der Waals surface area contributed by atoms with Gasteiger partial charge >= 0.3 is 6.18 Å². The third-order valence-corrected chi connectivity index (χ3v) is 5.84. The highest BCUT2D eigenvalue weighted by Gasteiger charge is 2.31. The minimum Gasteiger partial charge on any atom is -0.379 e. The first kappa shape index (κ1) is 18.6. The van der Waals surface area contributed by atoms with Crippen molar-refractivity contribution in [1.82, 2.24) is 9.47 Å². The zero-order valence-electron chi connectivity index (χ0n) is 15.6. The fourth-order valence-electron chi connectivity index (χ4n) is 4.00. The molecule has 1 aliphatic carbocycles. The van der Waals surface area contributed by atoms with Gasteiger partial charge in [-0.3, -0.25) is 4.90 Å². The Bertz CT molecular complexity index is 785. The second-order valence-corrected chi connectivity index (χ2v) is 7.56. The Kier molecular flexibility index (Phi) is 5.03. The van der Waals surface area contributed by atoms with E-state index in [1.54, 1.807) is 12.1 Å². The van der Waals surface area contributed by atoms with Crippen LogP contribution in [0.1, 0.15) is 42.1 Å². The van der Waals surface area contributed by atoms with Gasteiger partial charge in [-0.05, 0) is 55.5 Å². The second-order valence-electron chi connectivity index (χ2n) is 7.56. The van der Waals surface area contributed by atoms with Crippen LogP contribution in [-0.4, -0.2) is 35.8 Å². The van der Waals surface area contributed by atoms with Gasteiger partial charge in [0.05, 0.1) is 18.8 Å². The normalized spacial score (nSPS) is 19.3. The number of alkyl halides is 3. The maximum atomic E-state index is 12.9. The number of morpholine rings is 1. The highest BCUT2D eigenvalue weighted by molar-refractivity contribution is 5.63. The first-order chi connectivity index (χ1) is 12.9. The molecule has 1 aromatic heterocycles. The number of nitrogens with zero attached hydrogens (tertiary/aromatic N) is 2. The lowest BCUT2D eigenvalue weighted by molar-refractivity contribution is -0.137. The van der Waals surface area contributed by atoms with Crippen molar-refractivity contribution in [2.45, 2.75) is 44.9 Å². The lowest BCUT2D eigenvalue weighted by Gasteiger charge is -2.31. The molecule has 27 heavy (non-hydrogen) atoms. The van der Waals surface area contributed by atoms with Crippen molar-refractivity contribution < 1.29 is 17.9 Å². The van der Waals surface area contributed by atoms with E-state index in [-0.39, 0.29) is 0 Å². The average Bonchev–Trinajstić information content (AvgIpc) is 2.91. The zero-order chi connectivity index (χ0) is 19.0. The molecule has 0 atom stereocenters. The van der Waals surface area contributed by atoms with E-state index in [1.165, 1.54) is 29.8 Å². The highest BCUT2D eigenvalue weighted by atomic mass is 19.4. The van der Waals surface area contributed by atoms with Crippen LogP contribution in [0.25, 0.3) is 11.3 Å². The van der Waals surface area contributed by atoms with Gasteiger partial charge < -0.3 is 9.30 Å². The summed E-state index contributed by atoms with van der Waals surface area (Å²) in [6, 6.07) is 8.21. The molecule has 0 N–H and O–H groups in total. The summed E-state index contributed by atoms with van der Waals surface area (Å²) in [7, 11) is 0. The molecule has 3 nitrogen and oxygen atoms in total. The van der Waals surface area contributed by atoms with Gasteiger partial charge in [0, 0.05) is 37.1 Å². The number of halogens is 3. The highest BCUT2D eigenvalue weighted by Crippen LogP contribution is 2.39. The summed E-state index contributed by atoms with van der Waals surface area (Å²) in [6.45, 7) is 6.36. The molecule has 1 saturated heterocycles. The van der Waals surface area contributed by atoms with Crippen LogP contribution in [0.4, 0.5) is 13.2 Å². The lowest BCUT2D eigenvalue weighted by Crippen LogP contribution is -2.35. The van der Waals surface area contributed by atoms with Crippen LogP contribution in [0, 0.1) is 6.92 Å². The van der Waals surface area contributed by atoms with Gasteiger partial charge in [0.15, 0.2) is 0 Å². The fourth-order valence-corrected chi connectivity index (χ4v) is 4.00.